The molecule has 3 rings (SSSR count). The first kappa shape index (κ1) is 24.1. The SMILES string of the molecule is COCC(C1CC1)N(Cc1ccc(C(F)(F)F)cn1)C(=O)C(=O)Nc1cncc(C(N)=O)c1. The Bertz CT molecular complexity index is 1030. The van der Waals surface area contributed by atoms with Crippen molar-refractivity contribution >= 4 is 23.4 Å². The van der Waals surface area contributed by atoms with Gasteiger partial charge in [0.25, 0.3) is 0 Å². The minimum absolute atomic E-state index is 0.0429. The number of rotatable bonds is 8. The van der Waals surface area contributed by atoms with Crippen LogP contribution >= 0.6 is 0 Å². The number of pyridine rings is 2. The van der Waals surface area contributed by atoms with Gasteiger partial charge >= 0.3 is 18.0 Å². The van der Waals surface area contributed by atoms with E-state index in [0.717, 1.165) is 25.0 Å². The van der Waals surface area contributed by atoms with Crippen LogP contribution in [-0.4, -0.2) is 52.3 Å². The molecule has 0 bridgehead atoms. The minimum atomic E-state index is -4.54. The zero-order valence-electron chi connectivity index (χ0n) is 17.6. The van der Waals surface area contributed by atoms with E-state index in [0.29, 0.717) is 6.20 Å². The molecule has 0 radical (unpaired) electrons. The molecule has 0 saturated heterocycles. The molecule has 1 saturated carbocycles. The predicted molar refractivity (Wildman–Crippen MR) is 110 cm³/mol. The number of ether oxygens (including phenoxy) is 1. The standard InChI is InChI=1S/C21H22F3N5O4/c1-33-11-17(12-2-3-12)29(10-15-5-4-14(8-27-15)21(22,23)24)20(32)19(31)28-16-6-13(18(25)30)7-26-9-16/h4-9,12,17H,2-3,10-11H2,1H3,(H2,25,30)(H,28,31). The molecule has 176 valence electrons. The summed E-state index contributed by atoms with van der Waals surface area (Å²) in [6, 6.07) is 2.84. The topological polar surface area (TPSA) is 128 Å². The predicted octanol–water partition coefficient (Wildman–Crippen LogP) is 1.99. The molecule has 1 fully saturated rings. The number of hydrogen-bond acceptors (Lipinski definition) is 6. The van der Waals surface area contributed by atoms with Gasteiger partial charge in [0.05, 0.1) is 47.9 Å². The number of nitrogens with one attached hydrogen (secondary N) is 1. The number of methoxy groups -OCH3 is 1. The highest BCUT2D eigenvalue weighted by Gasteiger charge is 2.39. The van der Waals surface area contributed by atoms with Crippen LogP contribution in [-0.2, 0) is 27.0 Å². The van der Waals surface area contributed by atoms with Gasteiger partial charge in [0.1, 0.15) is 0 Å². The first-order chi connectivity index (χ1) is 15.6. The lowest BCUT2D eigenvalue weighted by Crippen LogP contribution is -2.48. The molecule has 12 heteroatoms. The Kier molecular flexibility index (Phi) is 7.26. The third-order valence-corrected chi connectivity index (χ3v) is 5.12. The van der Waals surface area contributed by atoms with Gasteiger partial charge in [-0.1, -0.05) is 0 Å². The molecule has 0 spiro atoms. The Balaban J connectivity index is 1.82. The van der Waals surface area contributed by atoms with E-state index in [-0.39, 0.29) is 36.0 Å². The molecular weight excluding hydrogens is 443 g/mol. The van der Waals surface area contributed by atoms with E-state index in [1.165, 1.54) is 30.5 Å². The molecule has 1 atom stereocenters. The average Bonchev–Trinajstić information content (AvgIpc) is 3.61. The molecule has 1 aliphatic rings. The number of halogens is 3. The number of nitrogens with two attached hydrogens (primary N) is 1. The highest BCUT2D eigenvalue weighted by Crippen LogP contribution is 2.36. The molecule has 2 aromatic heterocycles. The second-order valence-corrected chi connectivity index (χ2v) is 7.61. The smallest absolute Gasteiger partial charge is 0.383 e. The second kappa shape index (κ2) is 9.94. The van der Waals surface area contributed by atoms with Crippen molar-refractivity contribution in [2.24, 2.45) is 11.7 Å². The van der Waals surface area contributed by atoms with E-state index < -0.39 is 35.5 Å². The van der Waals surface area contributed by atoms with Crippen LogP contribution in [0.2, 0.25) is 0 Å². The number of alkyl halides is 3. The number of carbonyl (C=O) groups is 3. The van der Waals surface area contributed by atoms with E-state index in [2.05, 4.69) is 15.3 Å². The van der Waals surface area contributed by atoms with Gasteiger partial charge in [0, 0.05) is 19.5 Å². The monoisotopic (exact) mass is 465 g/mol. The van der Waals surface area contributed by atoms with Gasteiger partial charge in [-0.25, -0.2) is 0 Å². The van der Waals surface area contributed by atoms with Crippen molar-refractivity contribution in [3.05, 3.63) is 53.6 Å². The number of aromatic nitrogens is 2. The number of primary amides is 1. The lowest BCUT2D eigenvalue weighted by atomic mass is 10.1. The molecule has 3 N–H and O–H groups in total. The quantitative estimate of drug-likeness (QED) is 0.574. The van der Waals surface area contributed by atoms with Crippen LogP contribution in [0.15, 0.2) is 36.8 Å². The van der Waals surface area contributed by atoms with Crippen LogP contribution in [0.4, 0.5) is 18.9 Å². The van der Waals surface area contributed by atoms with Crippen LogP contribution in [0.1, 0.15) is 34.5 Å². The average molecular weight is 465 g/mol. The normalized spacial score (nSPS) is 14.4. The molecule has 0 aromatic carbocycles. The highest BCUT2D eigenvalue weighted by atomic mass is 19.4. The fourth-order valence-corrected chi connectivity index (χ4v) is 3.29. The third kappa shape index (κ3) is 6.25. The molecular formula is C21H22F3N5O4. The summed E-state index contributed by atoms with van der Waals surface area (Å²) in [5.41, 5.74) is 4.60. The van der Waals surface area contributed by atoms with Crippen LogP contribution in [0.25, 0.3) is 0 Å². The number of nitrogens with zero attached hydrogens (tertiary/aromatic N) is 3. The summed E-state index contributed by atoms with van der Waals surface area (Å²) in [6.45, 7) is -0.0441. The van der Waals surface area contributed by atoms with E-state index in [4.69, 9.17) is 10.5 Å². The fraction of sp³-hybridized carbons (Fsp3) is 0.381. The van der Waals surface area contributed by atoms with Crippen molar-refractivity contribution in [2.75, 3.05) is 19.0 Å². The van der Waals surface area contributed by atoms with Crippen LogP contribution in [0.5, 0.6) is 0 Å². The van der Waals surface area contributed by atoms with Gasteiger partial charge in [-0.15, -0.1) is 0 Å². The van der Waals surface area contributed by atoms with Crippen LogP contribution in [0, 0.1) is 5.92 Å². The zero-order chi connectivity index (χ0) is 24.2. The van der Waals surface area contributed by atoms with Crippen molar-refractivity contribution < 1.29 is 32.3 Å². The van der Waals surface area contributed by atoms with Gasteiger partial charge in [-0.3, -0.25) is 24.4 Å². The largest absolute Gasteiger partial charge is 0.417 e. The van der Waals surface area contributed by atoms with E-state index in [9.17, 15) is 27.6 Å². The molecule has 1 unspecified atom stereocenters. The molecule has 9 nitrogen and oxygen atoms in total. The first-order valence-corrected chi connectivity index (χ1v) is 9.98. The minimum Gasteiger partial charge on any atom is -0.383 e. The summed E-state index contributed by atoms with van der Waals surface area (Å²) in [5.74, 6) is -2.59. The number of hydrogen-bond donors (Lipinski definition) is 2. The van der Waals surface area contributed by atoms with Gasteiger partial charge in [0.15, 0.2) is 0 Å². The summed E-state index contributed by atoms with van der Waals surface area (Å²) in [6.07, 6.45) is 0.244. The Morgan fingerprint density at radius 1 is 1.24 bits per heavy atom. The van der Waals surface area contributed by atoms with Crippen molar-refractivity contribution in [1.82, 2.24) is 14.9 Å². The van der Waals surface area contributed by atoms with Gasteiger partial charge in [0.2, 0.25) is 5.91 Å². The zero-order valence-corrected chi connectivity index (χ0v) is 17.6. The fourth-order valence-electron chi connectivity index (χ4n) is 3.29. The van der Waals surface area contributed by atoms with E-state index in [1.54, 1.807) is 0 Å². The first-order valence-electron chi connectivity index (χ1n) is 9.98. The summed E-state index contributed by atoms with van der Waals surface area (Å²) in [5, 5.41) is 2.38. The van der Waals surface area contributed by atoms with Gasteiger partial charge < -0.3 is 20.7 Å². The molecule has 3 amide bonds. The molecule has 2 aromatic rings. The lowest BCUT2D eigenvalue weighted by Gasteiger charge is -2.31. The Labute approximate surface area is 187 Å². The third-order valence-electron chi connectivity index (χ3n) is 5.12. The Hall–Kier alpha value is -3.54. The van der Waals surface area contributed by atoms with Gasteiger partial charge in [-0.05, 0) is 37.0 Å². The van der Waals surface area contributed by atoms with Crippen LogP contribution < -0.4 is 11.1 Å². The van der Waals surface area contributed by atoms with E-state index in [1.807, 2.05) is 0 Å². The summed E-state index contributed by atoms with van der Waals surface area (Å²) >= 11 is 0. The number of carbonyl (C=O) groups excluding carboxylic acids is 3. The maximum atomic E-state index is 13.1. The Morgan fingerprint density at radius 3 is 2.52 bits per heavy atom. The molecule has 2 heterocycles. The summed E-state index contributed by atoms with van der Waals surface area (Å²) in [4.78, 5) is 46.0. The van der Waals surface area contributed by atoms with E-state index >= 15 is 0 Å². The molecule has 1 aliphatic carbocycles. The van der Waals surface area contributed by atoms with Crippen LogP contribution in [0.3, 0.4) is 0 Å². The number of anilines is 1. The van der Waals surface area contributed by atoms with Crippen molar-refractivity contribution in [3.63, 3.8) is 0 Å². The maximum Gasteiger partial charge on any atom is 0.417 e. The second-order valence-electron chi connectivity index (χ2n) is 7.61. The number of amides is 3. The lowest BCUT2D eigenvalue weighted by molar-refractivity contribution is -0.146. The molecule has 33 heavy (non-hydrogen) atoms. The molecule has 0 aliphatic heterocycles. The maximum absolute atomic E-state index is 13.1. The summed E-state index contributed by atoms with van der Waals surface area (Å²) < 4.78 is 43.7. The van der Waals surface area contributed by atoms with Crippen molar-refractivity contribution in [3.8, 4) is 0 Å². The highest BCUT2D eigenvalue weighted by molar-refractivity contribution is 6.39. The summed E-state index contributed by atoms with van der Waals surface area (Å²) in [7, 11) is 1.45. The van der Waals surface area contributed by atoms with Crippen molar-refractivity contribution in [1.29, 1.82) is 0 Å². The van der Waals surface area contributed by atoms with Crippen molar-refractivity contribution in [2.45, 2.75) is 31.6 Å². The van der Waals surface area contributed by atoms with Gasteiger partial charge in [-0.2, -0.15) is 13.2 Å². The Morgan fingerprint density at radius 2 is 1.97 bits per heavy atom.